The maximum absolute atomic E-state index is 13.9. The second-order valence-corrected chi connectivity index (χ2v) is 10.9. The van der Waals surface area contributed by atoms with E-state index in [9.17, 15) is 9.59 Å². The molecule has 3 aromatic rings. The van der Waals surface area contributed by atoms with Crippen molar-refractivity contribution in [1.29, 1.82) is 0 Å². The van der Waals surface area contributed by atoms with Crippen molar-refractivity contribution in [2.45, 2.75) is 76.9 Å². The van der Waals surface area contributed by atoms with E-state index in [2.05, 4.69) is 19.2 Å². The first kappa shape index (κ1) is 29.2. The zero-order valence-corrected chi connectivity index (χ0v) is 24.0. The minimum Gasteiger partial charge on any atom is -0.497 e. The monoisotopic (exact) mass is 542 g/mol. The first-order valence-corrected chi connectivity index (χ1v) is 14.4. The molecule has 212 valence electrons. The fraction of sp³-hybridized carbons (Fsp3) is 0.412. The van der Waals surface area contributed by atoms with Gasteiger partial charge in [-0.2, -0.15) is 0 Å². The van der Waals surface area contributed by atoms with E-state index in [1.165, 1.54) is 12.0 Å². The van der Waals surface area contributed by atoms with E-state index >= 15 is 0 Å². The number of methoxy groups -OCH3 is 1. The molecule has 1 aliphatic carbocycles. The smallest absolute Gasteiger partial charge is 0.261 e. The average Bonchev–Trinajstić information content (AvgIpc) is 2.99. The maximum atomic E-state index is 13.9. The van der Waals surface area contributed by atoms with Gasteiger partial charge in [-0.15, -0.1) is 0 Å². The minimum absolute atomic E-state index is 0.117. The third-order valence-corrected chi connectivity index (χ3v) is 7.62. The van der Waals surface area contributed by atoms with Crippen LogP contribution in [0, 0.1) is 0 Å². The summed E-state index contributed by atoms with van der Waals surface area (Å²) >= 11 is 0. The summed E-state index contributed by atoms with van der Waals surface area (Å²) in [4.78, 5) is 29.4. The van der Waals surface area contributed by atoms with Crippen molar-refractivity contribution in [2.75, 3.05) is 13.7 Å². The highest BCUT2D eigenvalue weighted by Crippen LogP contribution is 2.22. The Hall–Kier alpha value is -3.80. The van der Waals surface area contributed by atoms with Gasteiger partial charge in [0.15, 0.2) is 6.61 Å². The molecular formula is C34H42N2O4. The summed E-state index contributed by atoms with van der Waals surface area (Å²) in [6, 6.07) is 24.8. The van der Waals surface area contributed by atoms with E-state index in [4.69, 9.17) is 9.47 Å². The number of nitrogens with one attached hydrogen (secondary N) is 1. The van der Waals surface area contributed by atoms with Gasteiger partial charge >= 0.3 is 0 Å². The Morgan fingerprint density at radius 3 is 2.25 bits per heavy atom. The number of carbonyl (C=O) groups excluding carboxylic acids is 2. The van der Waals surface area contributed by atoms with Crippen LogP contribution in [0.5, 0.6) is 11.5 Å². The van der Waals surface area contributed by atoms with Gasteiger partial charge in [-0.25, -0.2) is 0 Å². The molecule has 0 heterocycles. The van der Waals surface area contributed by atoms with Crippen molar-refractivity contribution in [1.82, 2.24) is 10.2 Å². The van der Waals surface area contributed by atoms with Crippen LogP contribution >= 0.6 is 0 Å². The van der Waals surface area contributed by atoms with Gasteiger partial charge in [-0.05, 0) is 59.7 Å². The van der Waals surface area contributed by atoms with Crippen LogP contribution in [0.4, 0.5) is 0 Å². The SMILES string of the molecule is COc1cccc(CN(C(=O)COc2ccc(C(C)C)cc2)[C@@H](Cc2ccccc2)C(=O)NC2CCCCC2)c1. The van der Waals surface area contributed by atoms with Gasteiger partial charge < -0.3 is 19.7 Å². The van der Waals surface area contributed by atoms with Gasteiger partial charge in [0.2, 0.25) is 5.91 Å². The highest BCUT2D eigenvalue weighted by molar-refractivity contribution is 5.88. The number of amides is 2. The van der Waals surface area contributed by atoms with Gasteiger partial charge in [-0.1, -0.05) is 87.7 Å². The van der Waals surface area contributed by atoms with Crippen LogP contribution in [-0.2, 0) is 22.6 Å². The predicted molar refractivity (Wildman–Crippen MR) is 159 cm³/mol. The van der Waals surface area contributed by atoms with Crippen LogP contribution in [0.2, 0.25) is 0 Å². The van der Waals surface area contributed by atoms with Gasteiger partial charge in [0.25, 0.3) is 5.91 Å². The summed E-state index contributed by atoms with van der Waals surface area (Å²) in [6.07, 6.45) is 5.80. The Morgan fingerprint density at radius 2 is 1.57 bits per heavy atom. The van der Waals surface area contributed by atoms with Crippen molar-refractivity contribution in [2.24, 2.45) is 0 Å². The van der Waals surface area contributed by atoms with Crippen LogP contribution in [-0.4, -0.2) is 42.5 Å². The van der Waals surface area contributed by atoms with Crippen LogP contribution < -0.4 is 14.8 Å². The normalized spacial score (nSPS) is 14.4. The van der Waals surface area contributed by atoms with Gasteiger partial charge in [0, 0.05) is 19.0 Å². The Morgan fingerprint density at radius 1 is 0.875 bits per heavy atom. The van der Waals surface area contributed by atoms with Crippen molar-refractivity contribution < 1.29 is 19.1 Å². The largest absolute Gasteiger partial charge is 0.497 e. The standard InChI is InChI=1S/C34H42N2O4/c1-25(2)28-17-19-30(20-18-28)40-24-33(37)36(23-27-13-10-16-31(21-27)39-3)32(22-26-11-6-4-7-12-26)34(38)35-29-14-8-5-9-15-29/h4,6-7,10-13,16-21,25,29,32H,5,8-9,14-15,22-24H2,1-3H3,(H,35,38)/t32-/m0/s1. The highest BCUT2D eigenvalue weighted by Gasteiger charge is 2.32. The molecular weight excluding hydrogens is 500 g/mol. The molecule has 0 unspecified atom stereocenters. The van der Waals surface area contributed by atoms with E-state index in [1.54, 1.807) is 12.0 Å². The first-order chi connectivity index (χ1) is 19.4. The van der Waals surface area contributed by atoms with Crippen LogP contribution in [0.15, 0.2) is 78.9 Å². The van der Waals surface area contributed by atoms with E-state index in [1.807, 2.05) is 78.9 Å². The molecule has 6 nitrogen and oxygen atoms in total. The molecule has 4 rings (SSSR count). The average molecular weight is 543 g/mol. The Balaban J connectivity index is 1.60. The summed E-state index contributed by atoms with van der Waals surface area (Å²) in [7, 11) is 1.62. The lowest BCUT2D eigenvalue weighted by Crippen LogP contribution is -2.53. The molecule has 1 atom stereocenters. The molecule has 0 aliphatic heterocycles. The Bertz CT molecular complexity index is 1220. The number of benzene rings is 3. The molecule has 6 heteroatoms. The molecule has 1 aliphatic rings. The summed E-state index contributed by atoms with van der Waals surface area (Å²) in [5, 5.41) is 3.28. The minimum atomic E-state index is -0.685. The number of hydrogen-bond donors (Lipinski definition) is 1. The van der Waals surface area contributed by atoms with Crippen LogP contribution in [0.3, 0.4) is 0 Å². The number of ether oxygens (including phenoxy) is 2. The second kappa shape index (κ2) is 14.5. The summed E-state index contributed by atoms with van der Waals surface area (Å²) in [5.41, 5.74) is 3.10. The third kappa shape index (κ3) is 8.35. The maximum Gasteiger partial charge on any atom is 0.261 e. The van der Waals surface area contributed by atoms with E-state index in [0.29, 0.717) is 23.8 Å². The molecule has 0 bridgehead atoms. The van der Waals surface area contributed by atoms with E-state index in [-0.39, 0.29) is 31.0 Å². The van der Waals surface area contributed by atoms with Crippen molar-refractivity contribution >= 4 is 11.8 Å². The molecule has 1 fully saturated rings. The molecule has 0 aromatic heterocycles. The number of hydrogen-bond acceptors (Lipinski definition) is 4. The van der Waals surface area contributed by atoms with Crippen molar-refractivity contribution in [3.8, 4) is 11.5 Å². The fourth-order valence-electron chi connectivity index (χ4n) is 5.24. The third-order valence-electron chi connectivity index (χ3n) is 7.62. The fourth-order valence-corrected chi connectivity index (χ4v) is 5.24. The van der Waals surface area contributed by atoms with Gasteiger partial charge in [0.1, 0.15) is 17.5 Å². The predicted octanol–water partition coefficient (Wildman–Crippen LogP) is 6.29. The zero-order valence-electron chi connectivity index (χ0n) is 24.0. The lowest BCUT2D eigenvalue weighted by molar-refractivity contribution is -0.143. The Labute approximate surface area is 238 Å². The molecule has 1 N–H and O–H groups in total. The Kier molecular flexibility index (Phi) is 10.6. The molecule has 0 saturated heterocycles. The number of rotatable bonds is 12. The topological polar surface area (TPSA) is 67.9 Å². The zero-order chi connectivity index (χ0) is 28.3. The van der Waals surface area contributed by atoms with Gasteiger partial charge in [0.05, 0.1) is 7.11 Å². The highest BCUT2D eigenvalue weighted by atomic mass is 16.5. The van der Waals surface area contributed by atoms with E-state index < -0.39 is 6.04 Å². The molecule has 0 spiro atoms. The van der Waals surface area contributed by atoms with Crippen molar-refractivity contribution in [3.63, 3.8) is 0 Å². The van der Waals surface area contributed by atoms with Crippen LogP contribution in [0.25, 0.3) is 0 Å². The van der Waals surface area contributed by atoms with Gasteiger partial charge in [-0.3, -0.25) is 9.59 Å². The number of carbonyl (C=O) groups is 2. The lowest BCUT2D eigenvalue weighted by atomic mass is 9.94. The second-order valence-electron chi connectivity index (χ2n) is 10.9. The van der Waals surface area contributed by atoms with Crippen molar-refractivity contribution in [3.05, 3.63) is 95.6 Å². The summed E-state index contributed by atoms with van der Waals surface area (Å²) in [5.74, 6) is 1.39. The summed E-state index contributed by atoms with van der Waals surface area (Å²) in [6.45, 7) is 4.39. The number of nitrogens with zero attached hydrogens (tertiary/aromatic N) is 1. The lowest BCUT2D eigenvalue weighted by Gasteiger charge is -2.33. The summed E-state index contributed by atoms with van der Waals surface area (Å²) < 4.78 is 11.4. The molecule has 1 saturated carbocycles. The van der Waals surface area contributed by atoms with Crippen LogP contribution in [0.1, 0.15) is 68.6 Å². The van der Waals surface area contributed by atoms with E-state index in [0.717, 1.165) is 36.8 Å². The molecule has 0 radical (unpaired) electrons. The molecule has 40 heavy (non-hydrogen) atoms. The molecule has 3 aromatic carbocycles. The quantitative estimate of drug-likeness (QED) is 0.292. The first-order valence-electron chi connectivity index (χ1n) is 14.4. The molecule has 2 amide bonds.